The van der Waals surface area contributed by atoms with Crippen molar-refractivity contribution in [2.45, 2.75) is 6.92 Å². The van der Waals surface area contributed by atoms with Crippen LogP contribution in [0.25, 0.3) is 0 Å². The lowest BCUT2D eigenvalue weighted by Gasteiger charge is -2.05. The topological polar surface area (TPSA) is 53.5 Å². The van der Waals surface area contributed by atoms with Crippen LogP contribution in [0.4, 0.5) is 5.69 Å². The summed E-state index contributed by atoms with van der Waals surface area (Å²) in [5.74, 6) is -0.182. The van der Waals surface area contributed by atoms with Gasteiger partial charge in [-0.05, 0) is 30.2 Å². The lowest BCUT2D eigenvalue weighted by molar-refractivity contribution is -0.119. The first-order valence-corrected chi connectivity index (χ1v) is 6.41. The summed E-state index contributed by atoms with van der Waals surface area (Å²) in [6.07, 6.45) is 1.62. The maximum absolute atomic E-state index is 11.6. The maximum atomic E-state index is 11.6. The van der Waals surface area contributed by atoms with E-state index in [4.69, 9.17) is 0 Å². The largest absolute Gasteiger partial charge is 0.376 e. The van der Waals surface area contributed by atoms with Gasteiger partial charge in [-0.2, -0.15) is 5.10 Å². The van der Waals surface area contributed by atoms with Crippen LogP contribution in [0.2, 0.25) is 0 Å². The Morgan fingerprint density at radius 2 is 1.95 bits per heavy atom. The number of anilines is 1. The van der Waals surface area contributed by atoms with Crippen LogP contribution in [-0.4, -0.2) is 18.7 Å². The average molecular weight is 267 g/mol. The highest BCUT2D eigenvalue weighted by Gasteiger charge is 1.99. The molecule has 0 aliphatic carbocycles. The number of nitrogens with zero attached hydrogens (tertiary/aromatic N) is 1. The molecule has 0 atom stereocenters. The highest BCUT2D eigenvalue weighted by Crippen LogP contribution is 2.08. The molecular formula is C16H17N3O. The Morgan fingerprint density at radius 1 is 1.15 bits per heavy atom. The Hall–Kier alpha value is -2.62. The van der Waals surface area contributed by atoms with Gasteiger partial charge in [-0.15, -0.1) is 0 Å². The summed E-state index contributed by atoms with van der Waals surface area (Å²) in [4.78, 5) is 11.6. The van der Waals surface area contributed by atoms with Crippen molar-refractivity contribution in [2.75, 3.05) is 11.9 Å². The van der Waals surface area contributed by atoms with Gasteiger partial charge < -0.3 is 5.32 Å². The van der Waals surface area contributed by atoms with E-state index in [9.17, 15) is 4.79 Å². The quantitative estimate of drug-likeness (QED) is 0.646. The summed E-state index contributed by atoms with van der Waals surface area (Å²) >= 11 is 0. The van der Waals surface area contributed by atoms with E-state index in [1.165, 1.54) is 0 Å². The van der Waals surface area contributed by atoms with Crippen molar-refractivity contribution in [1.82, 2.24) is 5.43 Å². The first kappa shape index (κ1) is 13.8. The minimum atomic E-state index is -0.182. The van der Waals surface area contributed by atoms with E-state index in [0.29, 0.717) is 0 Å². The van der Waals surface area contributed by atoms with E-state index in [0.717, 1.165) is 16.8 Å². The normalized spacial score (nSPS) is 10.4. The van der Waals surface area contributed by atoms with Gasteiger partial charge >= 0.3 is 0 Å². The third-order valence-corrected chi connectivity index (χ3v) is 2.67. The summed E-state index contributed by atoms with van der Waals surface area (Å²) in [7, 11) is 0. The second kappa shape index (κ2) is 7.09. The standard InChI is InChI=1S/C16H17N3O/c1-13-6-5-9-15(10-13)17-12-16(20)19-18-11-14-7-3-2-4-8-14/h2-11,17H,12H2,1H3,(H,19,20)/b18-11+. The number of hydrazone groups is 1. The fourth-order valence-corrected chi connectivity index (χ4v) is 1.69. The Bertz CT molecular complexity index is 594. The van der Waals surface area contributed by atoms with Gasteiger partial charge in [-0.25, -0.2) is 5.43 Å². The molecule has 2 rings (SSSR count). The van der Waals surface area contributed by atoms with Crippen molar-refractivity contribution in [3.63, 3.8) is 0 Å². The van der Waals surface area contributed by atoms with Crippen molar-refractivity contribution in [3.8, 4) is 0 Å². The number of amides is 1. The number of nitrogens with one attached hydrogen (secondary N) is 2. The molecule has 2 N–H and O–H groups in total. The van der Waals surface area contributed by atoms with Crippen LogP contribution < -0.4 is 10.7 Å². The Labute approximate surface area is 118 Å². The van der Waals surface area contributed by atoms with Gasteiger partial charge in [0.25, 0.3) is 5.91 Å². The zero-order chi connectivity index (χ0) is 14.2. The van der Waals surface area contributed by atoms with E-state index in [-0.39, 0.29) is 12.5 Å². The van der Waals surface area contributed by atoms with Crippen LogP contribution in [0.5, 0.6) is 0 Å². The summed E-state index contributed by atoms with van der Waals surface area (Å²) in [6, 6.07) is 17.5. The highest BCUT2D eigenvalue weighted by atomic mass is 16.2. The number of aryl methyl sites for hydroxylation is 1. The van der Waals surface area contributed by atoms with E-state index in [1.807, 2.05) is 61.5 Å². The van der Waals surface area contributed by atoms with Gasteiger partial charge in [0.2, 0.25) is 0 Å². The molecule has 0 bridgehead atoms. The molecule has 0 unspecified atom stereocenters. The minimum Gasteiger partial charge on any atom is -0.376 e. The molecule has 4 heteroatoms. The van der Waals surface area contributed by atoms with Gasteiger partial charge in [0.15, 0.2) is 0 Å². The van der Waals surface area contributed by atoms with E-state index < -0.39 is 0 Å². The molecule has 0 saturated carbocycles. The molecule has 0 saturated heterocycles. The SMILES string of the molecule is Cc1cccc(NCC(=O)N/N=C/c2ccccc2)c1. The predicted molar refractivity (Wildman–Crippen MR) is 81.8 cm³/mol. The second-order valence-corrected chi connectivity index (χ2v) is 4.43. The summed E-state index contributed by atoms with van der Waals surface area (Å²) in [6.45, 7) is 2.20. The second-order valence-electron chi connectivity index (χ2n) is 4.43. The van der Waals surface area contributed by atoms with Crippen molar-refractivity contribution in [3.05, 3.63) is 65.7 Å². The van der Waals surface area contributed by atoms with Crippen molar-refractivity contribution in [2.24, 2.45) is 5.10 Å². The summed E-state index contributed by atoms with van der Waals surface area (Å²) in [5.41, 5.74) is 5.50. The van der Waals surface area contributed by atoms with E-state index in [1.54, 1.807) is 6.21 Å². The zero-order valence-corrected chi connectivity index (χ0v) is 11.3. The van der Waals surface area contributed by atoms with Gasteiger partial charge in [0.05, 0.1) is 12.8 Å². The molecule has 2 aromatic carbocycles. The molecule has 1 amide bonds. The van der Waals surface area contributed by atoms with Crippen LogP contribution in [0, 0.1) is 6.92 Å². The third kappa shape index (κ3) is 4.57. The summed E-state index contributed by atoms with van der Waals surface area (Å²) in [5, 5.41) is 6.95. The fraction of sp³-hybridized carbons (Fsp3) is 0.125. The van der Waals surface area contributed by atoms with Gasteiger partial charge in [0.1, 0.15) is 0 Å². The van der Waals surface area contributed by atoms with Crippen molar-refractivity contribution < 1.29 is 4.79 Å². The number of rotatable bonds is 5. The molecule has 0 spiro atoms. The maximum Gasteiger partial charge on any atom is 0.259 e. The molecule has 0 aliphatic rings. The third-order valence-electron chi connectivity index (χ3n) is 2.67. The van der Waals surface area contributed by atoms with Gasteiger partial charge in [-0.1, -0.05) is 42.5 Å². The van der Waals surface area contributed by atoms with E-state index in [2.05, 4.69) is 15.8 Å². The Morgan fingerprint density at radius 3 is 2.70 bits per heavy atom. The molecule has 20 heavy (non-hydrogen) atoms. The molecular weight excluding hydrogens is 250 g/mol. The smallest absolute Gasteiger partial charge is 0.259 e. The number of hydrogen-bond acceptors (Lipinski definition) is 3. The zero-order valence-electron chi connectivity index (χ0n) is 11.3. The monoisotopic (exact) mass is 267 g/mol. The number of benzene rings is 2. The minimum absolute atomic E-state index is 0.182. The first-order chi connectivity index (χ1) is 9.74. The van der Waals surface area contributed by atoms with Crippen LogP contribution in [0.1, 0.15) is 11.1 Å². The van der Waals surface area contributed by atoms with Crippen LogP contribution in [-0.2, 0) is 4.79 Å². The Balaban J connectivity index is 1.77. The molecule has 0 aromatic heterocycles. The average Bonchev–Trinajstić information content (AvgIpc) is 2.46. The van der Waals surface area contributed by atoms with Crippen molar-refractivity contribution in [1.29, 1.82) is 0 Å². The lowest BCUT2D eigenvalue weighted by Crippen LogP contribution is -2.25. The molecule has 0 heterocycles. The van der Waals surface area contributed by atoms with E-state index >= 15 is 0 Å². The lowest BCUT2D eigenvalue weighted by atomic mass is 10.2. The fourth-order valence-electron chi connectivity index (χ4n) is 1.69. The molecule has 2 aromatic rings. The number of carbonyl (C=O) groups is 1. The molecule has 4 nitrogen and oxygen atoms in total. The highest BCUT2D eigenvalue weighted by molar-refractivity contribution is 5.84. The van der Waals surface area contributed by atoms with Gasteiger partial charge in [-0.3, -0.25) is 4.79 Å². The molecule has 102 valence electrons. The van der Waals surface area contributed by atoms with Gasteiger partial charge in [0, 0.05) is 5.69 Å². The number of hydrogen-bond donors (Lipinski definition) is 2. The molecule has 0 radical (unpaired) electrons. The van der Waals surface area contributed by atoms with Crippen molar-refractivity contribution >= 4 is 17.8 Å². The van der Waals surface area contributed by atoms with Crippen LogP contribution in [0.15, 0.2) is 59.7 Å². The van der Waals surface area contributed by atoms with Crippen LogP contribution in [0.3, 0.4) is 0 Å². The first-order valence-electron chi connectivity index (χ1n) is 6.41. The molecule has 0 fully saturated rings. The summed E-state index contributed by atoms with van der Waals surface area (Å²) < 4.78 is 0. The van der Waals surface area contributed by atoms with Crippen LogP contribution >= 0.6 is 0 Å². The predicted octanol–water partition coefficient (Wildman–Crippen LogP) is 2.56. The number of carbonyl (C=O) groups excluding carboxylic acids is 1. The Kier molecular flexibility index (Phi) is 4.89. The molecule has 0 aliphatic heterocycles.